The number of hydrogen-bond donors (Lipinski definition) is 2. The molecule has 0 saturated carbocycles. The molecule has 2 aromatic carbocycles. The van der Waals surface area contributed by atoms with Crippen LogP contribution in [0.15, 0.2) is 48.5 Å². The van der Waals surface area contributed by atoms with Gasteiger partial charge in [-0.15, -0.1) is 0 Å². The van der Waals surface area contributed by atoms with E-state index in [1.165, 1.54) is 0 Å². The topological polar surface area (TPSA) is 92.5 Å². The number of nitrogens with two attached hydrogens (primary N) is 1. The standard InChI is InChI=1S/C19H19N3O3/c1-12-8-9-15(10-13(12)2)19(14-6-4-3-5-7-14)17(24)22(11-16(20)23)18(25)21-19/h3-10H,11H2,1-2H3,(H2,20,23)(H,21,25)/t19-/m1/s1. The maximum absolute atomic E-state index is 13.2. The van der Waals surface area contributed by atoms with E-state index in [9.17, 15) is 14.4 Å². The van der Waals surface area contributed by atoms with Gasteiger partial charge in [-0.3, -0.25) is 14.5 Å². The van der Waals surface area contributed by atoms with Crippen molar-refractivity contribution >= 4 is 17.8 Å². The summed E-state index contributed by atoms with van der Waals surface area (Å²) in [5, 5.41) is 2.78. The summed E-state index contributed by atoms with van der Waals surface area (Å²) in [5.74, 6) is -1.25. The summed E-state index contributed by atoms with van der Waals surface area (Å²) in [4.78, 5) is 37.8. The number of imide groups is 1. The van der Waals surface area contributed by atoms with Crippen LogP contribution < -0.4 is 11.1 Å². The molecular formula is C19H19N3O3. The molecule has 1 heterocycles. The molecule has 0 aliphatic carbocycles. The van der Waals surface area contributed by atoms with E-state index in [1.54, 1.807) is 24.3 Å². The Morgan fingerprint density at radius 1 is 1.04 bits per heavy atom. The smallest absolute Gasteiger partial charge is 0.326 e. The first-order valence-electron chi connectivity index (χ1n) is 7.92. The molecule has 6 nitrogen and oxygen atoms in total. The molecule has 0 radical (unpaired) electrons. The number of urea groups is 1. The van der Waals surface area contributed by atoms with Gasteiger partial charge in [-0.05, 0) is 36.1 Å². The number of nitrogens with zero attached hydrogens (tertiary/aromatic N) is 1. The van der Waals surface area contributed by atoms with E-state index in [1.807, 2.05) is 38.1 Å². The van der Waals surface area contributed by atoms with Crippen molar-refractivity contribution in [2.75, 3.05) is 6.54 Å². The lowest BCUT2D eigenvalue weighted by Gasteiger charge is -2.28. The molecule has 1 fully saturated rings. The normalized spacial score (nSPS) is 19.8. The number of amides is 4. The fourth-order valence-corrected chi connectivity index (χ4v) is 3.10. The number of benzene rings is 2. The van der Waals surface area contributed by atoms with Crippen LogP contribution in [0.5, 0.6) is 0 Å². The Kier molecular flexibility index (Phi) is 4.04. The average molecular weight is 337 g/mol. The number of nitrogens with one attached hydrogen (secondary N) is 1. The van der Waals surface area contributed by atoms with Gasteiger partial charge in [0.15, 0.2) is 5.54 Å². The van der Waals surface area contributed by atoms with Crippen LogP contribution >= 0.6 is 0 Å². The molecule has 2 aromatic rings. The van der Waals surface area contributed by atoms with Crippen molar-refractivity contribution in [2.24, 2.45) is 5.73 Å². The van der Waals surface area contributed by atoms with Crippen molar-refractivity contribution in [3.63, 3.8) is 0 Å². The van der Waals surface area contributed by atoms with Crippen LogP contribution in [0.3, 0.4) is 0 Å². The minimum atomic E-state index is -1.37. The second-order valence-corrected chi connectivity index (χ2v) is 6.20. The zero-order valence-corrected chi connectivity index (χ0v) is 14.1. The zero-order valence-electron chi connectivity index (χ0n) is 14.1. The van der Waals surface area contributed by atoms with Gasteiger partial charge in [-0.2, -0.15) is 0 Å². The summed E-state index contributed by atoms with van der Waals surface area (Å²) in [5.41, 5.74) is 7.18. The highest BCUT2D eigenvalue weighted by Crippen LogP contribution is 2.36. The summed E-state index contributed by atoms with van der Waals surface area (Å²) in [6.45, 7) is 3.47. The third kappa shape index (κ3) is 2.65. The van der Waals surface area contributed by atoms with E-state index in [0.717, 1.165) is 16.0 Å². The van der Waals surface area contributed by atoms with Crippen molar-refractivity contribution in [1.82, 2.24) is 10.2 Å². The maximum Gasteiger partial charge on any atom is 0.326 e. The van der Waals surface area contributed by atoms with Crippen LogP contribution in [0.25, 0.3) is 0 Å². The predicted molar refractivity (Wildman–Crippen MR) is 92.6 cm³/mol. The van der Waals surface area contributed by atoms with Gasteiger partial charge in [0.05, 0.1) is 0 Å². The lowest BCUT2D eigenvalue weighted by atomic mass is 9.81. The first-order valence-corrected chi connectivity index (χ1v) is 7.92. The highest BCUT2D eigenvalue weighted by Gasteiger charge is 2.54. The summed E-state index contributed by atoms with van der Waals surface area (Å²) < 4.78 is 0. The van der Waals surface area contributed by atoms with Crippen molar-refractivity contribution in [3.8, 4) is 0 Å². The third-order valence-corrected chi connectivity index (χ3v) is 4.57. The van der Waals surface area contributed by atoms with E-state index in [0.29, 0.717) is 11.1 Å². The largest absolute Gasteiger partial charge is 0.368 e. The van der Waals surface area contributed by atoms with E-state index >= 15 is 0 Å². The second kappa shape index (κ2) is 6.05. The van der Waals surface area contributed by atoms with Gasteiger partial charge >= 0.3 is 6.03 Å². The van der Waals surface area contributed by atoms with Crippen molar-refractivity contribution < 1.29 is 14.4 Å². The van der Waals surface area contributed by atoms with E-state index < -0.39 is 29.9 Å². The molecule has 4 amide bonds. The number of carbonyl (C=O) groups is 3. The molecule has 0 spiro atoms. The predicted octanol–water partition coefficient (Wildman–Crippen LogP) is 1.58. The molecule has 0 bridgehead atoms. The Labute approximate surface area is 145 Å². The summed E-state index contributed by atoms with van der Waals surface area (Å²) >= 11 is 0. The highest BCUT2D eigenvalue weighted by atomic mass is 16.2. The highest BCUT2D eigenvalue weighted by molar-refractivity contribution is 6.11. The zero-order chi connectivity index (χ0) is 18.2. The van der Waals surface area contributed by atoms with Gasteiger partial charge in [0.2, 0.25) is 5.91 Å². The molecule has 0 unspecified atom stereocenters. The first-order chi connectivity index (χ1) is 11.9. The maximum atomic E-state index is 13.2. The van der Waals surface area contributed by atoms with Crippen LogP contribution in [0.4, 0.5) is 4.79 Å². The van der Waals surface area contributed by atoms with Crippen LogP contribution in [-0.2, 0) is 15.1 Å². The van der Waals surface area contributed by atoms with Gasteiger partial charge in [-0.1, -0.05) is 48.5 Å². The molecular weight excluding hydrogens is 318 g/mol. The third-order valence-electron chi connectivity index (χ3n) is 4.57. The lowest BCUT2D eigenvalue weighted by molar-refractivity contribution is -0.133. The van der Waals surface area contributed by atoms with Crippen molar-refractivity contribution in [2.45, 2.75) is 19.4 Å². The van der Waals surface area contributed by atoms with Gasteiger partial charge < -0.3 is 11.1 Å². The number of aryl methyl sites for hydroxylation is 2. The molecule has 1 atom stereocenters. The van der Waals surface area contributed by atoms with E-state index in [2.05, 4.69) is 5.32 Å². The fraction of sp³-hybridized carbons (Fsp3) is 0.211. The summed E-state index contributed by atoms with van der Waals surface area (Å²) in [6.07, 6.45) is 0. The van der Waals surface area contributed by atoms with E-state index in [-0.39, 0.29) is 0 Å². The SMILES string of the molecule is Cc1ccc([C@@]2(c3ccccc3)NC(=O)N(CC(N)=O)C2=O)cc1C. The van der Waals surface area contributed by atoms with Gasteiger partial charge in [0, 0.05) is 0 Å². The Bertz CT molecular complexity index is 863. The van der Waals surface area contributed by atoms with Gasteiger partial charge in [0.1, 0.15) is 6.54 Å². The molecule has 1 aliphatic heterocycles. The Balaban J connectivity index is 2.21. The first kappa shape index (κ1) is 16.7. The molecule has 128 valence electrons. The molecule has 0 aromatic heterocycles. The number of hydrogen-bond acceptors (Lipinski definition) is 3. The Morgan fingerprint density at radius 3 is 2.32 bits per heavy atom. The average Bonchev–Trinajstić information content (AvgIpc) is 2.83. The monoisotopic (exact) mass is 337 g/mol. The van der Waals surface area contributed by atoms with Crippen molar-refractivity contribution in [3.05, 3.63) is 70.8 Å². The fourth-order valence-electron chi connectivity index (χ4n) is 3.10. The molecule has 1 aliphatic rings. The van der Waals surface area contributed by atoms with Gasteiger partial charge in [-0.25, -0.2) is 4.79 Å². The molecule has 25 heavy (non-hydrogen) atoms. The van der Waals surface area contributed by atoms with Crippen LogP contribution in [-0.4, -0.2) is 29.3 Å². The minimum Gasteiger partial charge on any atom is -0.368 e. The molecule has 3 N–H and O–H groups in total. The van der Waals surface area contributed by atoms with E-state index in [4.69, 9.17) is 5.73 Å². The summed E-state index contributed by atoms with van der Waals surface area (Å²) in [7, 11) is 0. The second-order valence-electron chi connectivity index (χ2n) is 6.20. The quantitative estimate of drug-likeness (QED) is 0.830. The Hall–Kier alpha value is -3.15. The van der Waals surface area contributed by atoms with Crippen LogP contribution in [0.2, 0.25) is 0 Å². The van der Waals surface area contributed by atoms with Gasteiger partial charge in [0.25, 0.3) is 5.91 Å². The number of primary amides is 1. The molecule has 1 saturated heterocycles. The van der Waals surface area contributed by atoms with Crippen molar-refractivity contribution in [1.29, 1.82) is 0 Å². The molecule has 3 rings (SSSR count). The number of carbonyl (C=O) groups excluding carboxylic acids is 3. The number of rotatable bonds is 4. The van der Waals surface area contributed by atoms with Crippen LogP contribution in [0, 0.1) is 13.8 Å². The molecule has 6 heteroatoms. The van der Waals surface area contributed by atoms with Crippen LogP contribution in [0.1, 0.15) is 22.3 Å². The summed E-state index contributed by atoms with van der Waals surface area (Å²) in [6, 6.07) is 14.0. The minimum absolute atomic E-state index is 0.454. The Morgan fingerprint density at radius 2 is 1.72 bits per heavy atom. The lowest BCUT2D eigenvalue weighted by Crippen LogP contribution is -2.45.